The van der Waals surface area contributed by atoms with Crippen molar-refractivity contribution in [1.29, 1.82) is 0 Å². The van der Waals surface area contributed by atoms with E-state index >= 15 is 0 Å². The van der Waals surface area contributed by atoms with Crippen LogP contribution in [0.3, 0.4) is 0 Å². The number of ether oxygens (including phenoxy) is 1. The Balaban J connectivity index is 5.37. The Morgan fingerprint density at radius 3 is 1.30 bits per heavy atom. The molecule has 0 rings (SSSR count). The van der Waals surface area contributed by atoms with Gasteiger partial charge in [0, 0.05) is 12.8 Å². The number of quaternary nitrogens is 1. The van der Waals surface area contributed by atoms with E-state index in [4.69, 9.17) is 13.8 Å². The van der Waals surface area contributed by atoms with Crippen LogP contribution in [0.2, 0.25) is 0 Å². The van der Waals surface area contributed by atoms with Gasteiger partial charge in [-0.2, -0.15) is 0 Å². The van der Waals surface area contributed by atoms with Crippen LogP contribution in [0.15, 0.2) is 36.5 Å². The molecule has 3 unspecified atom stereocenters. The first-order valence-electron chi connectivity index (χ1n) is 27.8. The minimum Gasteiger partial charge on any atom is -0.756 e. The number of hydrogen-bond acceptors (Lipinski definition) is 7. The number of allylic oxidation sites excluding steroid dienone is 5. The minimum atomic E-state index is -4.69. The molecule has 66 heavy (non-hydrogen) atoms. The number of amides is 1. The van der Waals surface area contributed by atoms with Crippen LogP contribution in [0.5, 0.6) is 0 Å². The fraction of sp³-hybridized carbons (Fsp3) is 0.857. The summed E-state index contributed by atoms with van der Waals surface area (Å²) < 4.78 is 30.1. The van der Waals surface area contributed by atoms with Crippen molar-refractivity contribution in [2.45, 2.75) is 270 Å². The Morgan fingerprint density at radius 2 is 0.879 bits per heavy atom. The number of nitrogens with zero attached hydrogens (tertiary/aromatic N) is 1. The zero-order valence-electron chi connectivity index (χ0n) is 44.2. The lowest BCUT2D eigenvalue weighted by Gasteiger charge is -2.30. The van der Waals surface area contributed by atoms with Crippen molar-refractivity contribution in [2.75, 3.05) is 40.9 Å². The van der Waals surface area contributed by atoms with Crippen molar-refractivity contribution < 1.29 is 37.3 Å². The van der Waals surface area contributed by atoms with Crippen molar-refractivity contribution in [3.05, 3.63) is 36.5 Å². The first kappa shape index (κ1) is 64.2. The number of carbonyl (C=O) groups excluding carboxylic acids is 2. The molecule has 10 heteroatoms. The maximum Gasteiger partial charge on any atom is 0.306 e. The molecule has 0 aliphatic carbocycles. The Kier molecular flexibility index (Phi) is 45.7. The molecule has 0 spiro atoms. The summed E-state index contributed by atoms with van der Waals surface area (Å²) in [4.78, 5) is 39.7. The maximum absolute atomic E-state index is 13.4. The van der Waals surface area contributed by atoms with E-state index in [2.05, 4.69) is 50.4 Å². The van der Waals surface area contributed by atoms with Crippen molar-refractivity contribution in [1.82, 2.24) is 5.32 Å². The van der Waals surface area contributed by atoms with Gasteiger partial charge in [0.25, 0.3) is 7.82 Å². The molecule has 0 aromatic carbocycles. The number of likely N-dealkylation sites (N-methyl/N-ethyl adjacent to an activating group) is 1. The van der Waals surface area contributed by atoms with Gasteiger partial charge in [-0.15, -0.1) is 0 Å². The maximum atomic E-state index is 13.4. The van der Waals surface area contributed by atoms with Gasteiger partial charge < -0.3 is 28.5 Å². The van der Waals surface area contributed by atoms with Crippen molar-refractivity contribution in [2.24, 2.45) is 0 Å². The third-order valence-electron chi connectivity index (χ3n) is 12.3. The molecule has 0 fully saturated rings. The first-order valence-corrected chi connectivity index (χ1v) is 29.3. The summed E-state index contributed by atoms with van der Waals surface area (Å²) in [6.07, 6.45) is 53.9. The molecule has 0 bridgehead atoms. The van der Waals surface area contributed by atoms with Crippen LogP contribution < -0.4 is 10.2 Å². The van der Waals surface area contributed by atoms with Gasteiger partial charge in [-0.1, -0.05) is 199 Å². The zero-order valence-corrected chi connectivity index (χ0v) is 45.0. The van der Waals surface area contributed by atoms with E-state index in [1.165, 1.54) is 135 Å². The first-order chi connectivity index (χ1) is 31.9. The fourth-order valence-corrected chi connectivity index (χ4v) is 8.64. The Bertz CT molecular complexity index is 1230. The number of phosphoric ester groups is 1. The van der Waals surface area contributed by atoms with Crippen LogP contribution in [0, 0.1) is 0 Å². The lowest BCUT2D eigenvalue weighted by atomic mass is 10.1. The molecule has 0 aliphatic heterocycles. The van der Waals surface area contributed by atoms with E-state index in [1.54, 1.807) is 0 Å². The molecule has 0 saturated heterocycles. The average Bonchev–Trinajstić information content (AvgIpc) is 3.27. The van der Waals surface area contributed by atoms with Gasteiger partial charge in [0.1, 0.15) is 19.3 Å². The van der Waals surface area contributed by atoms with Gasteiger partial charge in [0.15, 0.2) is 0 Å². The van der Waals surface area contributed by atoms with Crippen molar-refractivity contribution in [3.8, 4) is 0 Å². The van der Waals surface area contributed by atoms with E-state index in [-0.39, 0.29) is 24.9 Å². The number of rotatable bonds is 50. The van der Waals surface area contributed by atoms with E-state index in [0.29, 0.717) is 23.9 Å². The second kappa shape index (κ2) is 46.9. The van der Waals surface area contributed by atoms with Gasteiger partial charge in [-0.05, 0) is 83.1 Å². The van der Waals surface area contributed by atoms with Crippen molar-refractivity contribution in [3.63, 3.8) is 0 Å². The highest BCUT2D eigenvalue weighted by atomic mass is 31.2. The molecular weight excluding hydrogens is 844 g/mol. The standard InChI is InChI=1S/C56H107N2O7P/c1-7-10-13-16-19-22-25-27-28-29-31-33-36-39-42-45-48-55(59)57-53(52-64-66(61,62)63-51-50-58(4,5)6)54(47-44-41-38-35-32-24-21-18-15-12-9-3)65-56(60)49-46-43-40-37-34-30-26-23-20-17-14-11-8-2/h28-30,34,44,47,53-54H,7-27,31-33,35-43,45-46,48-52H2,1-6H3,(H-,57,59,61,62)/b29-28+,34-30-,47-44+. The summed E-state index contributed by atoms with van der Waals surface area (Å²) in [5, 5.41) is 3.01. The zero-order chi connectivity index (χ0) is 48.7. The molecule has 0 aromatic rings. The molecule has 0 saturated carbocycles. The second-order valence-corrected chi connectivity index (χ2v) is 21.5. The number of carbonyl (C=O) groups is 2. The lowest BCUT2D eigenvalue weighted by molar-refractivity contribution is -0.870. The van der Waals surface area contributed by atoms with Gasteiger partial charge in [-0.25, -0.2) is 0 Å². The molecule has 1 N–H and O–H groups in total. The third kappa shape index (κ3) is 47.3. The van der Waals surface area contributed by atoms with E-state index in [9.17, 15) is 19.0 Å². The molecule has 0 radical (unpaired) electrons. The smallest absolute Gasteiger partial charge is 0.306 e. The van der Waals surface area contributed by atoms with E-state index < -0.39 is 26.6 Å². The highest BCUT2D eigenvalue weighted by Crippen LogP contribution is 2.38. The number of nitrogens with one attached hydrogen (secondary N) is 1. The predicted octanol–water partition coefficient (Wildman–Crippen LogP) is 15.8. The van der Waals surface area contributed by atoms with E-state index in [0.717, 1.165) is 83.5 Å². The second-order valence-electron chi connectivity index (χ2n) is 20.1. The molecule has 1 amide bonds. The molecular formula is C56H107N2O7P. The number of phosphoric acid groups is 1. The monoisotopic (exact) mass is 951 g/mol. The number of unbranched alkanes of at least 4 members (excludes halogenated alkanes) is 30. The molecule has 0 aliphatic rings. The van der Waals surface area contributed by atoms with Gasteiger partial charge in [0.2, 0.25) is 5.91 Å². The molecule has 9 nitrogen and oxygen atoms in total. The van der Waals surface area contributed by atoms with Gasteiger partial charge >= 0.3 is 5.97 Å². The van der Waals surface area contributed by atoms with Crippen molar-refractivity contribution >= 4 is 19.7 Å². The highest BCUT2D eigenvalue weighted by Gasteiger charge is 2.27. The van der Waals surface area contributed by atoms with Crippen LogP contribution in [-0.2, 0) is 27.9 Å². The Morgan fingerprint density at radius 1 is 0.515 bits per heavy atom. The fourth-order valence-electron chi connectivity index (χ4n) is 7.92. The third-order valence-corrected chi connectivity index (χ3v) is 13.3. The topological polar surface area (TPSA) is 114 Å². The molecule has 388 valence electrons. The summed E-state index contributed by atoms with van der Waals surface area (Å²) in [7, 11) is 1.18. The summed E-state index contributed by atoms with van der Waals surface area (Å²) >= 11 is 0. The van der Waals surface area contributed by atoms with Crippen LogP contribution >= 0.6 is 7.82 Å². The van der Waals surface area contributed by atoms with Gasteiger partial charge in [-0.3, -0.25) is 14.2 Å². The normalized spacial score (nSPS) is 14.1. The summed E-state index contributed by atoms with van der Waals surface area (Å²) in [6, 6.07) is -0.894. The average molecular weight is 951 g/mol. The molecule has 0 aromatic heterocycles. The van der Waals surface area contributed by atoms with Crippen LogP contribution in [0.25, 0.3) is 0 Å². The summed E-state index contributed by atoms with van der Waals surface area (Å²) in [5.74, 6) is -0.566. The van der Waals surface area contributed by atoms with Crippen LogP contribution in [-0.4, -0.2) is 69.4 Å². The van der Waals surface area contributed by atoms with Crippen LogP contribution in [0.4, 0.5) is 0 Å². The summed E-state index contributed by atoms with van der Waals surface area (Å²) in [5.41, 5.74) is 0. The van der Waals surface area contributed by atoms with Gasteiger partial charge in [0.05, 0.1) is 33.8 Å². The lowest BCUT2D eigenvalue weighted by Crippen LogP contribution is -2.47. The molecule has 3 atom stereocenters. The summed E-state index contributed by atoms with van der Waals surface area (Å²) in [6.45, 7) is 6.81. The van der Waals surface area contributed by atoms with Crippen LogP contribution in [0.1, 0.15) is 258 Å². The SMILES string of the molecule is CCCCCCCC/C=C\CCCCCC(=O)OC(/C=C/CCCCCCCCCCC)C(COP(=O)([O-])OCC[N+](C)(C)C)NC(=O)CCCCCCC/C=C/CCCCCCCCC. The predicted molar refractivity (Wildman–Crippen MR) is 279 cm³/mol. The minimum absolute atomic E-state index is 0.0250. The number of esters is 1. The highest BCUT2D eigenvalue weighted by molar-refractivity contribution is 7.45. The number of hydrogen-bond donors (Lipinski definition) is 1. The molecule has 0 heterocycles. The van der Waals surface area contributed by atoms with E-state index in [1.807, 2.05) is 33.3 Å². The Labute approximate surface area is 408 Å². The quantitative estimate of drug-likeness (QED) is 0.0212. The largest absolute Gasteiger partial charge is 0.756 e. The Hall–Kier alpha value is -1.77.